The monoisotopic (exact) mass is 400 g/mol. The van der Waals surface area contributed by atoms with Crippen molar-refractivity contribution in [2.24, 2.45) is 5.92 Å². The first-order chi connectivity index (χ1) is 12.6. The summed E-state index contributed by atoms with van der Waals surface area (Å²) in [6.07, 6.45) is 17.5. The molecule has 0 bridgehead atoms. The molecule has 0 aromatic carbocycles. The topological polar surface area (TPSA) is 37.3 Å². The van der Waals surface area contributed by atoms with E-state index in [0.717, 1.165) is 23.6 Å². The Hall–Kier alpha value is -0.540. The van der Waals surface area contributed by atoms with E-state index in [1.165, 1.54) is 82.0 Å². The molecule has 1 aliphatic rings. The lowest BCUT2D eigenvalue weighted by Gasteiger charge is -2.08. The van der Waals surface area contributed by atoms with E-state index in [0.29, 0.717) is 10.3 Å². The van der Waals surface area contributed by atoms with Crippen molar-refractivity contribution < 1.29 is 9.90 Å². The van der Waals surface area contributed by atoms with Crippen molar-refractivity contribution in [1.29, 1.82) is 0 Å². The highest BCUT2D eigenvalue weighted by atomic mass is 35.5. The number of carboxylic acid groups (broad SMARTS) is 1. The number of hydrogen-bond donors (Lipinski definition) is 1. The molecule has 0 saturated heterocycles. The van der Waals surface area contributed by atoms with Crippen molar-refractivity contribution >= 4 is 28.9 Å². The molecule has 0 spiro atoms. The first-order valence-electron chi connectivity index (χ1n) is 10.5. The minimum atomic E-state index is -0.822. The van der Waals surface area contributed by atoms with Crippen LogP contribution in [0, 0.1) is 5.92 Å². The second-order valence-electron chi connectivity index (χ2n) is 7.51. The van der Waals surface area contributed by atoms with Crippen LogP contribution in [0.4, 0.5) is 0 Å². The second-order valence-corrected chi connectivity index (χ2v) is 9.29. The van der Waals surface area contributed by atoms with Gasteiger partial charge < -0.3 is 5.11 Å². The average molecular weight is 401 g/mol. The molecule has 1 heterocycles. The fourth-order valence-corrected chi connectivity index (χ4v) is 4.87. The van der Waals surface area contributed by atoms with Gasteiger partial charge in [-0.3, -0.25) is 0 Å². The zero-order valence-corrected chi connectivity index (χ0v) is 18.2. The summed E-state index contributed by atoms with van der Waals surface area (Å²) in [6.45, 7) is 4.36. The quantitative estimate of drug-likeness (QED) is 0.302. The number of thiophene rings is 1. The van der Waals surface area contributed by atoms with Crippen molar-refractivity contribution in [2.75, 3.05) is 0 Å². The van der Waals surface area contributed by atoms with E-state index in [1.54, 1.807) is 6.07 Å². The summed E-state index contributed by atoms with van der Waals surface area (Å²) in [5.74, 6) is 0.139. The van der Waals surface area contributed by atoms with E-state index in [2.05, 4.69) is 13.8 Å². The molecule has 0 unspecified atom stereocenters. The molecule has 1 aliphatic carbocycles. The third kappa shape index (κ3) is 10.6. The van der Waals surface area contributed by atoms with Gasteiger partial charge in [-0.25, -0.2) is 4.79 Å². The van der Waals surface area contributed by atoms with Crippen LogP contribution in [-0.4, -0.2) is 16.5 Å². The first-order valence-corrected chi connectivity index (χ1v) is 11.8. The molecule has 1 saturated carbocycles. The number of carboxylic acids is 1. The summed E-state index contributed by atoms with van der Waals surface area (Å²) in [5, 5.41) is 9.08. The molecule has 1 aromatic heterocycles. The SMILES string of the molecule is CCCCCCCCC[C@H]1CC[C@@H](Cl)C1.CCCc1ccc(C(=O)O)s1. The van der Waals surface area contributed by atoms with E-state index in [4.69, 9.17) is 16.7 Å². The maximum absolute atomic E-state index is 10.4. The molecule has 1 aromatic rings. The van der Waals surface area contributed by atoms with Gasteiger partial charge >= 0.3 is 5.97 Å². The molecule has 2 rings (SSSR count). The highest BCUT2D eigenvalue weighted by Gasteiger charge is 2.21. The maximum atomic E-state index is 10.4. The Bertz CT molecular complexity index is 486. The fraction of sp³-hybridized carbons (Fsp3) is 0.773. The van der Waals surface area contributed by atoms with Crippen molar-refractivity contribution in [3.63, 3.8) is 0 Å². The first kappa shape index (κ1) is 23.5. The maximum Gasteiger partial charge on any atom is 0.345 e. The zero-order chi connectivity index (χ0) is 19.2. The molecule has 0 amide bonds. The van der Waals surface area contributed by atoms with Gasteiger partial charge in [0.05, 0.1) is 0 Å². The largest absolute Gasteiger partial charge is 0.477 e. The number of alkyl halides is 1. The molecule has 150 valence electrons. The Kier molecular flexibility index (Phi) is 13.1. The highest BCUT2D eigenvalue weighted by Crippen LogP contribution is 2.32. The number of rotatable bonds is 11. The van der Waals surface area contributed by atoms with Crippen molar-refractivity contribution in [1.82, 2.24) is 0 Å². The van der Waals surface area contributed by atoms with Gasteiger partial charge in [0, 0.05) is 10.3 Å². The highest BCUT2D eigenvalue weighted by molar-refractivity contribution is 7.13. The van der Waals surface area contributed by atoms with Crippen LogP contribution in [-0.2, 0) is 6.42 Å². The van der Waals surface area contributed by atoms with E-state index >= 15 is 0 Å². The summed E-state index contributed by atoms with van der Waals surface area (Å²) in [5.41, 5.74) is 0. The smallest absolute Gasteiger partial charge is 0.345 e. The lowest BCUT2D eigenvalue weighted by atomic mass is 9.99. The van der Waals surface area contributed by atoms with Crippen molar-refractivity contribution in [3.05, 3.63) is 21.9 Å². The van der Waals surface area contributed by atoms with Crippen LogP contribution in [0.1, 0.15) is 105 Å². The summed E-state index contributed by atoms with van der Waals surface area (Å²) >= 11 is 7.47. The van der Waals surface area contributed by atoms with Crippen LogP contribution in [0.15, 0.2) is 12.1 Å². The number of aryl methyl sites for hydroxylation is 1. The molecule has 0 radical (unpaired) electrons. The van der Waals surface area contributed by atoms with Gasteiger partial charge in [0.25, 0.3) is 0 Å². The Balaban J connectivity index is 0.000000273. The van der Waals surface area contributed by atoms with Gasteiger partial charge in [-0.2, -0.15) is 0 Å². The van der Waals surface area contributed by atoms with Crippen LogP contribution in [0.2, 0.25) is 0 Å². The van der Waals surface area contributed by atoms with Crippen molar-refractivity contribution in [2.45, 2.75) is 103 Å². The molecular formula is C22H37ClO2S. The molecule has 2 nitrogen and oxygen atoms in total. The Morgan fingerprint density at radius 3 is 2.31 bits per heavy atom. The van der Waals surface area contributed by atoms with E-state index in [9.17, 15) is 4.79 Å². The van der Waals surface area contributed by atoms with Gasteiger partial charge in [-0.1, -0.05) is 71.6 Å². The Morgan fingerprint density at radius 1 is 1.08 bits per heavy atom. The van der Waals surface area contributed by atoms with Gasteiger partial charge in [0.15, 0.2) is 0 Å². The number of carbonyl (C=O) groups is 1. The van der Waals surface area contributed by atoms with E-state index < -0.39 is 5.97 Å². The average Bonchev–Trinajstić information content (AvgIpc) is 3.24. The van der Waals surface area contributed by atoms with Crippen LogP contribution in [0.5, 0.6) is 0 Å². The molecule has 1 fully saturated rings. The second kappa shape index (κ2) is 14.5. The summed E-state index contributed by atoms with van der Waals surface area (Å²) in [4.78, 5) is 12.0. The minimum Gasteiger partial charge on any atom is -0.477 e. The van der Waals surface area contributed by atoms with Crippen molar-refractivity contribution in [3.8, 4) is 0 Å². The number of halogens is 1. The molecular weight excluding hydrogens is 364 g/mol. The zero-order valence-electron chi connectivity index (χ0n) is 16.6. The minimum absolute atomic E-state index is 0.438. The van der Waals surface area contributed by atoms with Crippen LogP contribution >= 0.6 is 22.9 Å². The molecule has 1 N–H and O–H groups in total. The van der Waals surface area contributed by atoms with Gasteiger partial charge in [0.2, 0.25) is 0 Å². The van der Waals surface area contributed by atoms with Crippen LogP contribution < -0.4 is 0 Å². The molecule has 26 heavy (non-hydrogen) atoms. The number of unbranched alkanes of at least 4 members (excludes halogenated alkanes) is 6. The van der Waals surface area contributed by atoms with Gasteiger partial charge in [-0.05, 0) is 43.7 Å². The Morgan fingerprint density at radius 2 is 1.77 bits per heavy atom. The number of hydrogen-bond acceptors (Lipinski definition) is 2. The summed E-state index contributed by atoms with van der Waals surface area (Å²) < 4.78 is 0. The lowest BCUT2D eigenvalue weighted by molar-refractivity contribution is 0.0702. The third-order valence-electron chi connectivity index (χ3n) is 5.06. The third-order valence-corrected chi connectivity index (χ3v) is 6.59. The van der Waals surface area contributed by atoms with Gasteiger partial charge in [0.1, 0.15) is 4.88 Å². The normalized spacial score (nSPS) is 19.2. The number of aromatic carboxylic acids is 1. The molecule has 0 aliphatic heterocycles. The standard InChI is InChI=1S/C14H27Cl.C8H10O2S/c1-2-3-4-5-6-7-8-9-13-10-11-14(15)12-13;1-2-3-6-4-5-7(11-6)8(9)10/h13-14H,2-12H2,1H3;4-5H,2-3H2,1H3,(H,9,10)/t13-,14+;/m0./s1. The van der Waals surface area contributed by atoms with E-state index in [-0.39, 0.29) is 0 Å². The van der Waals surface area contributed by atoms with Crippen LogP contribution in [0.3, 0.4) is 0 Å². The van der Waals surface area contributed by atoms with Crippen LogP contribution in [0.25, 0.3) is 0 Å². The van der Waals surface area contributed by atoms with E-state index in [1.807, 2.05) is 6.07 Å². The fourth-order valence-electron chi connectivity index (χ4n) is 3.54. The summed E-state index contributed by atoms with van der Waals surface area (Å²) in [7, 11) is 0. The summed E-state index contributed by atoms with van der Waals surface area (Å²) in [6, 6.07) is 3.55. The molecule has 2 atom stereocenters. The lowest BCUT2D eigenvalue weighted by Crippen LogP contribution is -1.95. The predicted molar refractivity (Wildman–Crippen MR) is 115 cm³/mol. The predicted octanol–water partition coefficient (Wildman–Crippen LogP) is 7.93. The molecule has 4 heteroatoms. The van der Waals surface area contributed by atoms with Gasteiger partial charge in [-0.15, -0.1) is 22.9 Å². The Labute approximate surface area is 169 Å².